The third kappa shape index (κ3) is 3.07. The molecule has 6 heteroatoms. The van der Waals surface area contributed by atoms with Gasteiger partial charge in [-0.1, -0.05) is 29.5 Å². The molecule has 2 aromatic rings. The van der Waals surface area contributed by atoms with Crippen LogP contribution in [0.3, 0.4) is 0 Å². The fourth-order valence-electron chi connectivity index (χ4n) is 1.35. The van der Waals surface area contributed by atoms with Crippen molar-refractivity contribution in [2.24, 2.45) is 5.73 Å². The van der Waals surface area contributed by atoms with E-state index in [0.29, 0.717) is 17.5 Å². The molecule has 0 aliphatic carbocycles. The van der Waals surface area contributed by atoms with Gasteiger partial charge in [-0.2, -0.15) is 0 Å². The summed E-state index contributed by atoms with van der Waals surface area (Å²) in [4.78, 5) is 0. The molecule has 0 radical (unpaired) electrons. The van der Waals surface area contributed by atoms with E-state index in [1.54, 1.807) is 0 Å². The minimum atomic E-state index is 0.0419. The number of nitrogens with two attached hydrogens (primary N) is 1. The molecule has 0 saturated carbocycles. The molecular weight excluding hydrogens is 236 g/mol. The van der Waals surface area contributed by atoms with Crippen LogP contribution in [0.1, 0.15) is 11.5 Å². The number of aryl methyl sites for hydroxylation is 1. The Morgan fingerprint density at radius 2 is 2.29 bits per heavy atom. The molecule has 0 bridgehead atoms. The molecule has 0 saturated heterocycles. The summed E-state index contributed by atoms with van der Waals surface area (Å²) in [7, 11) is 0. The molecule has 2 rings (SSSR count). The number of hydrogen-bond acceptors (Lipinski definition) is 5. The first-order chi connectivity index (χ1) is 8.15. The second-order valence-corrected chi connectivity index (χ2v) is 4.54. The standard InChI is InChI=1S/C11H12N4OS/c1-7-3-2-4-8(5-7)10-15-14-9(16-10)6-17-11(12)13/h2-5H,6H2,1H3,(H3,12,13). The van der Waals surface area contributed by atoms with Crippen LogP contribution in [-0.2, 0) is 5.75 Å². The topological polar surface area (TPSA) is 88.8 Å². The Hall–Kier alpha value is -1.82. The summed E-state index contributed by atoms with van der Waals surface area (Å²) < 4.78 is 5.48. The van der Waals surface area contributed by atoms with Crippen LogP contribution in [0.2, 0.25) is 0 Å². The van der Waals surface area contributed by atoms with Crippen LogP contribution in [0.4, 0.5) is 0 Å². The van der Waals surface area contributed by atoms with Crippen molar-refractivity contribution >= 4 is 16.9 Å². The highest BCUT2D eigenvalue weighted by molar-refractivity contribution is 8.12. The van der Waals surface area contributed by atoms with E-state index in [0.717, 1.165) is 22.9 Å². The van der Waals surface area contributed by atoms with Gasteiger partial charge in [-0.3, -0.25) is 5.41 Å². The van der Waals surface area contributed by atoms with Gasteiger partial charge in [0.1, 0.15) is 0 Å². The Labute approximate surface area is 103 Å². The van der Waals surface area contributed by atoms with Gasteiger partial charge in [0.05, 0.1) is 5.75 Å². The fraction of sp³-hybridized carbons (Fsp3) is 0.182. The third-order valence-electron chi connectivity index (χ3n) is 2.08. The Morgan fingerprint density at radius 3 is 3.00 bits per heavy atom. The van der Waals surface area contributed by atoms with E-state index in [9.17, 15) is 0 Å². The van der Waals surface area contributed by atoms with Crippen LogP contribution in [0, 0.1) is 12.3 Å². The quantitative estimate of drug-likeness (QED) is 0.642. The molecule has 0 aliphatic rings. The molecule has 1 heterocycles. The number of benzene rings is 1. The number of aromatic nitrogens is 2. The summed E-state index contributed by atoms with van der Waals surface area (Å²) in [5.41, 5.74) is 7.27. The molecule has 3 N–H and O–H groups in total. The van der Waals surface area contributed by atoms with Gasteiger partial charge in [-0.15, -0.1) is 10.2 Å². The smallest absolute Gasteiger partial charge is 0.247 e. The number of hydrogen-bond donors (Lipinski definition) is 2. The van der Waals surface area contributed by atoms with Crippen molar-refractivity contribution in [3.63, 3.8) is 0 Å². The van der Waals surface area contributed by atoms with E-state index in [1.807, 2.05) is 31.2 Å². The van der Waals surface area contributed by atoms with Gasteiger partial charge >= 0.3 is 0 Å². The molecule has 0 atom stereocenters. The molecule has 0 amide bonds. The first-order valence-electron chi connectivity index (χ1n) is 5.01. The lowest BCUT2D eigenvalue weighted by Gasteiger charge is -1.96. The third-order valence-corrected chi connectivity index (χ3v) is 2.79. The van der Waals surface area contributed by atoms with E-state index >= 15 is 0 Å². The second kappa shape index (κ2) is 5.01. The maximum Gasteiger partial charge on any atom is 0.247 e. The van der Waals surface area contributed by atoms with E-state index in [-0.39, 0.29) is 5.17 Å². The van der Waals surface area contributed by atoms with Gasteiger partial charge in [-0.25, -0.2) is 0 Å². The predicted octanol–water partition coefficient (Wildman–Crippen LogP) is 2.17. The van der Waals surface area contributed by atoms with Gasteiger partial charge in [0, 0.05) is 5.56 Å². The Kier molecular flexibility index (Phi) is 3.43. The zero-order chi connectivity index (χ0) is 12.3. The van der Waals surface area contributed by atoms with Crippen molar-refractivity contribution in [1.82, 2.24) is 10.2 Å². The van der Waals surface area contributed by atoms with Crippen molar-refractivity contribution in [3.8, 4) is 11.5 Å². The van der Waals surface area contributed by atoms with Gasteiger partial charge in [0.25, 0.3) is 0 Å². The number of nitrogens with one attached hydrogen (secondary N) is 1. The summed E-state index contributed by atoms with van der Waals surface area (Å²) in [6, 6.07) is 7.85. The minimum Gasteiger partial charge on any atom is -0.420 e. The lowest BCUT2D eigenvalue weighted by atomic mass is 10.1. The highest BCUT2D eigenvalue weighted by Crippen LogP contribution is 2.20. The van der Waals surface area contributed by atoms with Gasteiger partial charge < -0.3 is 10.2 Å². The Morgan fingerprint density at radius 1 is 1.47 bits per heavy atom. The predicted molar refractivity (Wildman–Crippen MR) is 67.7 cm³/mol. The maximum absolute atomic E-state index is 7.09. The molecule has 5 nitrogen and oxygen atoms in total. The SMILES string of the molecule is Cc1cccc(-c2nnc(CSC(=N)N)o2)c1. The second-order valence-electron chi connectivity index (χ2n) is 3.52. The van der Waals surface area contributed by atoms with Crippen molar-refractivity contribution in [2.45, 2.75) is 12.7 Å². The lowest BCUT2D eigenvalue weighted by molar-refractivity contribution is 0.528. The van der Waals surface area contributed by atoms with E-state index in [4.69, 9.17) is 15.6 Å². The van der Waals surface area contributed by atoms with Crippen molar-refractivity contribution in [2.75, 3.05) is 0 Å². The molecule has 0 aliphatic heterocycles. The molecule has 1 aromatic heterocycles. The molecular formula is C11H12N4OS. The van der Waals surface area contributed by atoms with Crippen molar-refractivity contribution in [3.05, 3.63) is 35.7 Å². The molecule has 0 spiro atoms. The van der Waals surface area contributed by atoms with Crippen molar-refractivity contribution < 1.29 is 4.42 Å². The summed E-state index contributed by atoms with van der Waals surface area (Å²) in [5.74, 6) is 1.39. The first kappa shape index (κ1) is 11.7. The van der Waals surface area contributed by atoms with Crippen LogP contribution >= 0.6 is 11.8 Å². The summed E-state index contributed by atoms with van der Waals surface area (Å²) in [5, 5.41) is 15.0. The molecule has 88 valence electrons. The largest absolute Gasteiger partial charge is 0.420 e. The zero-order valence-corrected chi connectivity index (χ0v) is 10.1. The fourth-order valence-corrected chi connectivity index (χ4v) is 1.74. The molecule has 1 aromatic carbocycles. The molecule has 17 heavy (non-hydrogen) atoms. The highest BCUT2D eigenvalue weighted by atomic mass is 32.2. The Balaban J connectivity index is 2.15. The monoisotopic (exact) mass is 248 g/mol. The van der Waals surface area contributed by atoms with Gasteiger partial charge in [0.15, 0.2) is 5.17 Å². The maximum atomic E-state index is 7.09. The average molecular weight is 248 g/mol. The first-order valence-corrected chi connectivity index (χ1v) is 6.00. The van der Waals surface area contributed by atoms with Crippen LogP contribution in [0.25, 0.3) is 11.5 Å². The normalized spacial score (nSPS) is 10.4. The van der Waals surface area contributed by atoms with Crippen LogP contribution in [-0.4, -0.2) is 15.4 Å². The molecule has 0 fully saturated rings. The highest BCUT2D eigenvalue weighted by Gasteiger charge is 2.08. The van der Waals surface area contributed by atoms with Crippen LogP contribution in [0.15, 0.2) is 28.7 Å². The number of nitrogens with zero attached hydrogens (tertiary/aromatic N) is 2. The van der Waals surface area contributed by atoms with Crippen LogP contribution in [0.5, 0.6) is 0 Å². The van der Waals surface area contributed by atoms with Crippen LogP contribution < -0.4 is 5.73 Å². The average Bonchev–Trinajstić information content (AvgIpc) is 2.75. The zero-order valence-electron chi connectivity index (χ0n) is 9.30. The summed E-state index contributed by atoms with van der Waals surface area (Å²) >= 11 is 1.16. The van der Waals surface area contributed by atoms with E-state index in [2.05, 4.69) is 10.2 Å². The number of amidine groups is 1. The molecule has 0 unspecified atom stereocenters. The minimum absolute atomic E-state index is 0.0419. The number of thioether (sulfide) groups is 1. The van der Waals surface area contributed by atoms with Gasteiger partial charge in [-0.05, 0) is 19.1 Å². The van der Waals surface area contributed by atoms with E-state index in [1.165, 1.54) is 0 Å². The summed E-state index contributed by atoms with van der Waals surface area (Å²) in [6.45, 7) is 2.01. The van der Waals surface area contributed by atoms with E-state index < -0.39 is 0 Å². The lowest BCUT2D eigenvalue weighted by Crippen LogP contribution is -2.03. The number of rotatable bonds is 3. The van der Waals surface area contributed by atoms with Crippen molar-refractivity contribution in [1.29, 1.82) is 5.41 Å². The summed E-state index contributed by atoms with van der Waals surface area (Å²) in [6.07, 6.45) is 0. The van der Waals surface area contributed by atoms with Gasteiger partial charge in [0.2, 0.25) is 11.8 Å². The Bertz CT molecular complexity index is 538.